The molecule has 0 unspecified atom stereocenters. The van der Waals surface area contributed by atoms with Gasteiger partial charge in [-0.15, -0.1) is 0 Å². The molecule has 0 atom stereocenters. The summed E-state index contributed by atoms with van der Waals surface area (Å²) >= 11 is 0. The minimum absolute atomic E-state index is 0.0905. The molecule has 0 aliphatic rings. The van der Waals surface area contributed by atoms with Crippen LogP contribution in [0.4, 0.5) is 32.2 Å². The number of hydrogen-bond acceptors (Lipinski definition) is 5. The van der Waals surface area contributed by atoms with Crippen LogP contribution in [0, 0.1) is 0 Å². The van der Waals surface area contributed by atoms with Gasteiger partial charge in [0, 0.05) is 25.0 Å². The van der Waals surface area contributed by atoms with Crippen LogP contribution >= 0.6 is 0 Å². The number of alkyl halides is 6. The van der Waals surface area contributed by atoms with Crippen molar-refractivity contribution in [1.82, 2.24) is 29.4 Å². The number of nitrogens with one attached hydrogen (secondary N) is 1. The van der Waals surface area contributed by atoms with E-state index in [1.165, 1.54) is 12.3 Å². The molecular weight excluding hydrogens is 444 g/mol. The Morgan fingerprint density at radius 1 is 1.03 bits per heavy atom. The number of carbonyl (C=O) groups excluding carboxylic acids is 1. The fourth-order valence-electron chi connectivity index (χ4n) is 3.01. The SMILES string of the molecule is Cn1nc(-c2cnc3cccnn23)c(C(F)(F)F)c1NC(=O)c1ccnc(C(F)(F)F)c1. The van der Waals surface area contributed by atoms with Gasteiger partial charge in [-0.2, -0.15) is 36.5 Å². The van der Waals surface area contributed by atoms with Crippen molar-refractivity contribution >= 4 is 17.4 Å². The molecule has 4 aromatic heterocycles. The first-order chi connectivity index (χ1) is 15.0. The largest absolute Gasteiger partial charge is 0.433 e. The summed E-state index contributed by atoms with van der Waals surface area (Å²) in [6.07, 6.45) is -6.58. The van der Waals surface area contributed by atoms with Crippen molar-refractivity contribution in [3.05, 3.63) is 59.7 Å². The first-order valence-corrected chi connectivity index (χ1v) is 8.74. The molecule has 0 saturated heterocycles. The molecule has 0 aliphatic carbocycles. The average molecular weight is 455 g/mol. The van der Waals surface area contributed by atoms with Crippen LogP contribution in [0.1, 0.15) is 21.6 Å². The standard InChI is InChI=1S/C18H11F6N7O/c1-30-15(28-16(32)9-4-6-25-11(7-9)17(19,20)21)13(18(22,23)24)14(29-30)10-8-26-12-3-2-5-27-31(10)12/h2-8H,1H3,(H,28,32). The molecule has 0 aliphatic heterocycles. The number of carbonyl (C=O) groups is 1. The van der Waals surface area contributed by atoms with Gasteiger partial charge < -0.3 is 5.32 Å². The number of anilines is 1. The third-order valence-corrected chi connectivity index (χ3v) is 4.40. The van der Waals surface area contributed by atoms with Gasteiger partial charge >= 0.3 is 12.4 Å². The molecular formula is C18H11F6N7O. The van der Waals surface area contributed by atoms with Crippen LogP contribution in [0.2, 0.25) is 0 Å². The van der Waals surface area contributed by atoms with E-state index in [0.717, 1.165) is 34.7 Å². The van der Waals surface area contributed by atoms with E-state index >= 15 is 0 Å². The molecule has 0 bridgehead atoms. The Kier molecular flexibility index (Phi) is 4.86. The van der Waals surface area contributed by atoms with Gasteiger partial charge in [0.15, 0.2) is 5.65 Å². The number of halogens is 6. The van der Waals surface area contributed by atoms with Crippen LogP contribution in [0.15, 0.2) is 42.9 Å². The molecule has 8 nitrogen and oxygen atoms in total. The van der Waals surface area contributed by atoms with E-state index in [1.54, 1.807) is 6.07 Å². The average Bonchev–Trinajstić information content (AvgIpc) is 3.28. The van der Waals surface area contributed by atoms with E-state index in [2.05, 4.69) is 20.2 Å². The molecule has 32 heavy (non-hydrogen) atoms. The first kappa shape index (κ1) is 21.3. The summed E-state index contributed by atoms with van der Waals surface area (Å²) < 4.78 is 82.4. The van der Waals surface area contributed by atoms with E-state index in [-0.39, 0.29) is 11.3 Å². The van der Waals surface area contributed by atoms with Gasteiger partial charge in [-0.25, -0.2) is 9.50 Å². The predicted molar refractivity (Wildman–Crippen MR) is 97.4 cm³/mol. The molecule has 0 radical (unpaired) electrons. The topological polar surface area (TPSA) is 90.0 Å². The maximum atomic E-state index is 14.0. The highest BCUT2D eigenvalue weighted by Gasteiger charge is 2.42. The summed E-state index contributed by atoms with van der Waals surface area (Å²) in [6, 6.07) is 4.46. The van der Waals surface area contributed by atoms with E-state index < -0.39 is 46.6 Å². The number of imidazole rings is 1. The Morgan fingerprint density at radius 2 is 1.78 bits per heavy atom. The molecule has 1 amide bonds. The van der Waals surface area contributed by atoms with Crippen molar-refractivity contribution in [2.24, 2.45) is 7.05 Å². The van der Waals surface area contributed by atoms with Crippen LogP contribution in [-0.2, 0) is 19.4 Å². The molecule has 0 aromatic carbocycles. The zero-order valence-electron chi connectivity index (χ0n) is 15.9. The second-order valence-corrected chi connectivity index (χ2v) is 6.51. The number of nitrogens with zero attached hydrogens (tertiary/aromatic N) is 6. The quantitative estimate of drug-likeness (QED) is 0.475. The van der Waals surface area contributed by atoms with E-state index in [4.69, 9.17) is 0 Å². The third kappa shape index (κ3) is 3.74. The van der Waals surface area contributed by atoms with Crippen LogP contribution in [0.25, 0.3) is 17.0 Å². The van der Waals surface area contributed by atoms with Crippen LogP contribution in [-0.4, -0.2) is 35.3 Å². The van der Waals surface area contributed by atoms with Gasteiger partial charge in [-0.05, 0) is 24.3 Å². The third-order valence-electron chi connectivity index (χ3n) is 4.40. The zero-order valence-corrected chi connectivity index (χ0v) is 15.9. The van der Waals surface area contributed by atoms with Crippen LogP contribution < -0.4 is 5.32 Å². The van der Waals surface area contributed by atoms with Crippen molar-refractivity contribution in [3.63, 3.8) is 0 Å². The number of rotatable bonds is 3. The number of amides is 1. The monoisotopic (exact) mass is 455 g/mol. The lowest BCUT2D eigenvalue weighted by atomic mass is 10.1. The summed E-state index contributed by atoms with van der Waals surface area (Å²) in [7, 11) is 1.15. The Labute approximate surface area is 174 Å². The second kappa shape index (κ2) is 7.32. The first-order valence-electron chi connectivity index (χ1n) is 8.74. The maximum absolute atomic E-state index is 14.0. The molecule has 0 saturated carbocycles. The van der Waals surface area contributed by atoms with E-state index in [0.29, 0.717) is 6.07 Å². The number of hydrogen-bond donors (Lipinski definition) is 1. The normalized spacial score (nSPS) is 12.3. The van der Waals surface area contributed by atoms with Gasteiger partial charge in [0.1, 0.15) is 28.5 Å². The highest BCUT2D eigenvalue weighted by Crippen LogP contribution is 2.41. The molecule has 166 valence electrons. The summed E-state index contributed by atoms with van der Waals surface area (Å²) in [4.78, 5) is 19.6. The minimum atomic E-state index is -4.97. The van der Waals surface area contributed by atoms with Gasteiger partial charge in [0.05, 0.1) is 6.20 Å². The lowest BCUT2D eigenvalue weighted by molar-refractivity contribution is -0.141. The Balaban J connectivity index is 1.80. The molecule has 4 heterocycles. The van der Waals surface area contributed by atoms with Crippen molar-refractivity contribution in [3.8, 4) is 11.4 Å². The van der Waals surface area contributed by atoms with Crippen molar-refractivity contribution in [2.75, 3.05) is 5.32 Å². The molecule has 1 N–H and O–H groups in total. The molecule has 0 fully saturated rings. The fraction of sp³-hybridized carbons (Fsp3) is 0.167. The molecule has 4 aromatic rings. The highest BCUT2D eigenvalue weighted by atomic mass is 19.4. The fourth-order valence-corrected chi connectivity index (χ4v) is 3.01. The van der Waals surface area contributed by atoms with Crippen molar-refractivity contribution in [2.45, 2.75) is 12.4 Å². The van der Waals surface area contributed by atoms with Gasteiger partial charge in [0.25, 0.3) is 5.91 Å². The van der Waals surface area contributed by atoms with Crippen LogP contribution in [0.5, 0.6) is 0 Å². The molecule has 14 heteroatoms. The van der Waals surface area contributed by atoms with Crippen molar-refractivity contribution in [1.29, 1.82) is 0 Å². The Hall–Kier alpha value is -3.97. The zero-order chi connectivity index (χ0) is 23.3. The lowest BCUT2D eigenvalue weighted by Gasteiger charge is -2.12. The predicted octanol–water partition coefficient (Wildman–Crippen LogP) is 3.81. The van der Waals surface area contributed by atoms with E-state index in [1.807, 2.05) is 5.32 Å². The number of aromatic nitrogens is 6. The van der Waals surface area contributed by atoms with Crippen molar-refractivity contribution < 1.29 is 31.1 Å². The maximum Gasteiger partial charge on any atom is 0.433 e. The second-order valence-electron chi connectivity index (χ2n) is 6.51. The lowest BCUT2D eigenvalue weighted by Crippen LogP contribution is -2.19. The number of aryl methyl sites for hydroxylation is 1. The molecule has 0 spiro atoms. The number of fused-ring (bicyclic) bond motifs is 1. The summed E-state index contributed by atoms with van der Waals surface area (Å²) in [5.74, 6) is -1.96. The van der Waals surface area contributed by atoms with Crippen LogP contribution in [0.3, 0.4) is 0 Å². The Morgan fingerprint density at radius 3 is 2.47 bits per heavy atom. The smallest absolute Gasteiger partial charge is 0.306 e. The summed E-state index contributed by atoms with van der Waals surface area (Å²) in [5.41, 5.74) is -3.57. The number of pyridine rings is 1. The van der Waals surface area contributed by atoms with Gasteiger partial charge in [-0.1, -0.05) is 0 Å². The minimum Gasteiger partial charge on any atom is -0.306 e. The van der Waals surface area contributed by atoms with E-state index in [9.17, 15) is 31.1 Å². The highest BCUT2D eigenvalue weighted by molar-refractivity contribution is 6.04. The van der Waals surface area contributed by atoms with Gasteiger partial charge in [-0.3, -0.25) is 14.5 Å². The Bertz CT molecular complexity index is 1320. The summed E-state index contributed by atoms with van der Waals surface area (Å²) in [5, 5.41) is 9.83. The van der Waals surface area contributed by atoms with Gasteiger partial charge in [0.2, 0.25) is 0 Å². The molecule has 4 rings (SSSR count). The summed E-state index contributed by atoms with van der Waals surface area (Å²) in [6.45, 7) is 0.